The minimum Gasteiger partial charge on any atom is -0.378 e. The molecule has 0 aliphatic carbocycles. The molecular weight excluding hydrogens is 455 g/mol. The van der Waals surface area contributed by atoms with E-state index in [1.165, 1.54) is 4.90 Å². The van der Waals surface area contributed by atoms with Gasteiger partial charge in [-0.2, -0.15) is 0 Å². The van der Waals surface area contributed by atoms with Crippen LogP contribution in [0.5, 0.6) is 0 Å². The third-order valence-electron chi connectivity index (χ3n) is 6.30. The first-order valence-corrected chi connectivity index (χ1v) is 12.6. The summed E-state index contributed by atoms with van der Waals surface area (Å²) in [6, 6.07) is 27.1. The predicted octanol–water partition coefficient (Wildman–Crippen LogP) is 5.51. The van der Waals surface area contributed by atoms with Gasteiger partial charge in [-0.3, -0.25) is 19.4 Å². The molecule has 0 saturated carbocycles. The Labute approximate surface area is 212 Å². The molecule has 4 rings (SSSR count). The van der Waals surface area contributed by atoms with Crippen LogP contribution in [0.2, 0.25) is 0 Å². The molecule has 2 amide bonds. The summed E-state index contributed by atoms with van der Waals surface area (Å²) >= 11 is 0. The maximum absolute atomic E-state index is 14.8. The summed E-state index contributed by atoms with van der Waals surface area (Å²) in [4.78, 5) is 28.2. The molecule has 188 valence electrons. The normalized spacial score (nSPS) is 13.9. The van der Waals surface area contributed by atoms with Crippen molar-refractivity contribution in [2.45, 2.75) is 38.5 Å². The van der Waals surface area contributed by atoms with E-state index in [0.29, 0.717) is 50.3 Å². The first kappa shape index (κ1) is 25.7. The Hall–Kier alpha value is -3.35. The molecule has 0 bridgehead atoms. The molecule has 1 unspecified atom stereocenters. The maximum atomic E-state index is 14.8. The third-order valence-corrected chi connectivity index (χ3v) is 6.30. The van der Waals surface area contributed by atoms with Crippen LogP contribution in [-0.4, -0.2) is 54.1 Å². The van der Waals surface area contributed by atoms with Crippen molar-refractivity contribution < 1.29 is 18.7 Å². The molecule has 6 heteroatoms. The lowest BCUT2D eigenvalue weighted by atomic mass is 10.1. The zero-order valence-electron chi connectivity index (χ0n) is 20.5. The van der Waals surface area contributed by atoms with Crippen LogP contribution in [0.25, 0.3) is 0 Å². The van der Waals surface area contributed by atoms with E-state index in [-0.39, 0.29) is 18.4 Å². The van der Waals surface area contributed by atoms with Gasteiger partial charge in [-0.1, -0.05) is 72.8 Å². The first-order valence-electron chi connectivity index (χ1n) is 12.6. The molecule has 36 heavy (non-hydrogen) atoms. The van der Waals surface area contributed by atoms with Crippen molar-refractivity contribution in [3.8, 4) is 0 Å². The molecule has 0 aromatic heterocycles. The summed E-state index contributed by atoms with van der Waals surface area (Å²) in [5, 5.41) is 0. The number of benzene rings is 3. The fourth-order valence-electron chi connectivity index (χ4n) is 4.51. The van der Waals surface area contributed by atoms with Crippen LogP contribution in [0.1, 0.15) is 51.1 Å². The minimum atomic E-state index is -1.09. The van der Waals surface area contributed by atoms with Gasteiger partial charge in [-0.15, -0.1) is 0 Å². The number of amides is 2. The Morgan fingerprint density at radius 2 is 1.25 bits per heavy atom. The Morgan fingerprint density at radius 3 is 1.81 bits per heavy atom. The largest absolute Gasteiger partial charge is 0.378 e. The molecule has 1 atom stereocenters. The lowest BCUT2D eigenvalue weighted by Gasteiger charge is -2.24. The Kier molecular flexibility index (Phi) is 9.36. The Bertz CT molecular complexity index is 1050. The fourth-order valence-corrected chi connectivity index (χ4v) is 4.51. The molecule has 1 aliphatic heterocycles. The van der Waals surface area contributed by atoms with Gasteiger partial charge in [0.05, 0.1) is 17.7 Å². The number of hydrogen-bond acceptors (Lipinski definition) is 4. The average Bonchev–Trinajstić information content (AvgIpc) is 3.14. The van der Waals surface area contributed by atoms with E-state index < -0.39 is 6.17 Å². The Morgan fingerprint density at radius 1 is 0.722 bits per heavy atom. The maximum Gasteiger partial charge on any atom is 0.261 e. The van der Waals surface area contributed by atoms with Crippen LogP contribution in [0, 0.1) is 0 Å². The van der Waals surface area contributed by atoms with Crippen LogP contribution in [0.3, 0.4) is 0 Å². The molecule has 0 spiro atoms. The van der Waals surface area contributed by atoms with Gasteiger partial charge in [0.2, 0.25) is 0 Å². The fraction of sp³-hybridized carbons (Fsp3) is 0.333. The SMILES string of the molecule is O=C1c2ccccc2C(=O)N1CCCCCOCC(F)CN(Cc1ccccc1)Cc1ccccc1. The molecule has 5 nitrogen and oxygen atoms in total. The van der Waals surface area contributed by atoms with Gasteiger partial charge in [0, 0.05) is 32.8 Å². The van der Waals surface area contributed by atoms with E-state index in [4.69, 9.17) is 4.74 Å². The number of alkyl halides is 1. The van der Waals surface area contributed by atoms with E-state index in [2.05, 4.69) is 29.2 Å². The summed E-state index contributed by atoms with van der Waals surface area (Å²) in [5.41, 5.74) is 3.26. The van der Waals surface area contributed by atoms with Gasteiger partial charge in [0.15, 0.2) is 0 Å². The van der Waals surface area contributed by atoms with Crippen molar-refractivity contribution in [3.63, 3.8) is 0 Å². The zero-order valence-corrected chi connectivity index (χ0v) is 20.5. The van der Waals surface area contributed by atoms with Crippen molar-refractivity contribution in [1.82, 2.24) is 9.80 Å². The highest BCUT2D eigenvalue weighted by Gasteiger charge is 2.34. The van der Waals surface area contributed by atoms with E-state index in [0.717, 1.165) is 24.0 Å². The van der Waals surface area contributed by atoms with Gasteiger partial charge in [0.1, 0.15) is 6.17 Å². The molecule has 1 aliphatic rings. The second-order valence-electron chi connectivity index (χ2n) is 9.18. The first-order chi connectivity index (χ1) is 17.6. The lowest BCUT2D eigenvalue weighted by molar-refractivity contribution is 0.0552. The van der Waals surface area contributed by atoms with Crippen molar-refractivity contribution >= 4 is 11.8 Å². The Balaban J connectivity index is 1.15. The predicted molar refractivity (Wildman–Crippen MR) is 138 cm³/mol. The van der Waals surface area contributed by atoms with Crippen LogP contribution in [0.15, 0.2) is 84.9 Å². The van der Waals surface area contributed by atoms with Crippen LogP contribution in [-0.2, 0) is 17.8 Å². The van der Waals surface area contributed by atoms with Crippen molar-refractivity contribution in [2.75, 3.05) is 26.3 Å². The quantitative estimate of drug-likeness (QED) is 0.222. The number of carbonyl (C=O) groups excluding carboxylic acids is 2. The molecule has 0 saturated heterocycles. The van der Waals surface area contributed by atoms with Crippen LogP contribution < -0.4 is 0 Å². The summed E-state index contributed by atoms with van der Waals surface area (Å²) in [5.74, 6) is -0.439. The number of fused-ring (bicyclic) bond motifs is 1. The summed E-state index contributed by atoms with van der Waals surface area (Å²) in [6.45, 7) is 2.55. The van der Waals surface area contributed by atoms with Crippen LogP contribution >= 0.6 is 0 Å². The number of ether oxygens (including phenoxy) is 1. The smallest absolute Gasteiger partial charge is 0.261 e. The molecule has 0 radical (unpaired) electrons. The third kappa shape index (κ3) is 7.09. The highest BCUT2D eigenvalue weighted by atomic mass is 19.1. The van der Waals surface area contributed by atoms with Gasteiger partial charge < -0.3 is 4.74 Å². The van der Waals surface area contributed by atoms with Gasteiger partial charge in [-0.05, 0) is 42.5 Å². The highest BCUT2D eigenvalue weighted by Crippen LogP contribution is 2.22. The number of rotatable bonds is 14. The molecule has 1 heterocycles. The standard InChI is InChI=1S/C30H33FN2O3/c31-26(22-32(20-24-12-4-1-5-13-24)21-25-14-6-2-7-15-25)23-36-19-11-3-10-18-33-29(34)27-16-8-9-17-28(27)30(33)35/h1-2,4-9,12-17,26H,3,10-11,18-23H2. The van der Waals surface area contributed by atoms with Gasteiger partial charge >= 0.3 is 0 Å². The monoisotopic (exact) mass is 488 g/mol. The second-order valence-corrected chi connectivity index (χ2v) is 9.18. The summed E-state index contributed by atoms with van der Waals surface area (Å²) in [7, 11) is 0. The number of carbonyl (C=O) groups is 2. The summed E-state index contributed by atoms with van der Waals surface area (Å²) in [6.07, 6.45) is 1.18. The topological polar surface area (TPSA) is 49.9 Å². The minimum absolute atomic E-state index is 0.0541. The summed E-state index contributed by atoms with van der Waals surface area (Å²) < 4.78 is 20.4. The number of imide groups is 1. The molecular formula is C30H33FN2O3. The average molecular weight is 489 g/mol. The van der Waals surface area contributed by atoms with Gasteiger partial charge in [0.25, 0.3) is 11.8 Å². The van der Waals surface area contributed by atoms with Gasteiger partial charge in [-0.25, -0.2) is 4.39 Å². The lowest BCUT2D eigenvalue weighted by Crippen LogP contribution is -2.32. The van der Waals surface area contributed by atoms with Crippen molar-refractivity contribution in [2.24, 2.45) is 0 Å². The van der Waals surface area contributed by atoms with Crippen molar-refractivity contribution in [1.29, 1.82) is 0 Å². The van der Waals surface area contributed by atoms with E-state index in [1.54, 1.807) is 24.3 Å². The highest BCUT2D eigenvalue weighted by molar-refractivity contribution is 6.21. The molecule has 0 fully saturated rings. The zero-order chi connectivity index (χ0) is 25.2. The number of hydrogen-bond donors (Lipinski definition) is 0. The van der Waals surface area contributed by atoms with E-state index >= 15 is 0 Å². The number of unbranched alkanes of at least 4 members (excludes halogenated alkanes) is 2. The molecule has 0 N–H and O–H groups in total. The van der Waals surface area contributed by atoms with Crippen LogP contribution in [0.4, 0.5) is 4.39 Å². The van der Waals surface area contributed by atoms with E-state index in [9.17, 15) is 14.0 Å². The second kappa shape index (κ2) is 13.1. The molecule has 3 aromatic carbocycles. The van der Waals surface area contributed by atoms with Crippen molar-refractivity contribution in [3.05, 3.63) is 107 Å². The van der Waals surface area contributed by atoms with E-state index in [1.807, 2.05) is 36.4 Å². The number of nitrogens with zero attached hydrogens (tertiary/aromatic N) is 2. The number of halogens is 1. The molecule has 3 aromatic rings.